The molecule has 2 N–H and O–H groups in total. The van der Waals surface area contributed by atoms with Crippen LogP contribution in [0.5, 0.6) is 5.75 Å². The zero-order valence-electron chi connectivity index (χ0n) is 11.0. The third-order valence-corrected chi connectivity index (χ3v) is 2.66. The first kappa shape index (κ1) is 14.4. The lowest BCUT2D eigenvalue weighted by Crippen LogP contribution is -2.14. The van der Waals surface area contributed by atoms with Crippen molar-refractivity contribution >= 4 is 17.6 Å². The molecule has 2 aromatic rings. The third kappa shape index (κ3) is 3.33. The van der Waals surface area contributed by atoms with E-state index in [0.29, 0.717) is 5.75 Å². The van der Waals surface area contributed by atoms with E-state index < -0.39 is 17.7 Å². The number of aromatic nitrogens is 1. The Morgan fingerprint density at radius 2 is 2.05 bits per heavy atom. The van der Waals surface area contributed by atoms with E-state index in [1.165, 1.54) is 31.5 Å². The fourth-order valence-electron chi connectivity index (χ4n) is 1.61. The summed E-state index contributed by atoms with van der Waals surface area (Å²) in [5.74, 6) is -2.14. The normalized spacial score (nSPS) is 10.0. The molecule has 1 aromatic heterocycles. The lowest BCUT2D eigenvalue weighted by Gasteiger charge is -2.08. The molecule has 0 saturated heterocycles. The van der Waals surface area contributed by atoms with Crippen molar-refractivity contribution in [3.63, 3.8) is 0 Å². The quantitative estimate of drug-likeness (QED) is 0.901. The second-order valence-electron chi connectivity index (χ2n) is 4.03. The number of carbonyl (C=O) groups is 2. The summed E-state index contributed by atoms with van der Waals surface area (Å²) < 4.78 is 18.6. The largest absolute Gasteiger partial charge is 0.497 e. The van der Waals surface area contributed by atoms with Crippen LogP contribution in [0.1, 0.15) is 20.8 Å². The predicted octanol–water partition coefficient (Wildman–Crippen LogP) is 2.18. The zero-order chi connectivity index (χ0) is 15.4. The van der Waals surface area contributed by atoms with Gasteiger partial charge in [-0.1, -0.05) is 0 Å². The van der Waals surface area contributed by atoms with E-state index in [2.05, 4.69) is 10.3 Å². The molecule has 0 saturated carbocycles. The van der Waals surface area contributed by atoms with Crippen LogP contribution < -0.4 is 10.1 Å². The minimum Gasteiger partial charge on any atom is -0.497 e. The smallest absolute Gasteiger partial charge is 0.354 e. The number of aromatic carboxylic acids is 1. The first-order valence-corrected chi connectivity index (χ1v) is 5.85. The van der Waals surface area contributed by atoms with Crippen LogP contribution in [0.4, 0.5) is 10.1 Å². The van der Waals surface area contributed by atoms with Gasteiger partial charge < -0.3 is 15.2 Å². The molecule has 108 valence electrons. The molecule has 1 aromatic carbocycles. The Morgan fingerprint density at radius 1 is 1.29 bits per heavy atom. The van der Waals surface area contributed by atoms with Crippen molar-refractivity contribution in [2.75, 3.05) is 12.4 Å². The highest BCUT2D eigenvalue weighted by atomic mass is 19.1. The molecule has 0 unspecified atom stereocenters. The van der Waals surface area contributed by atoms with Crippen LogP contribution in [0.3, 0.4) is 0 Å². The number of halogens is 1. The Hall–Kier alpha value is -2.96. The number of pyridine rings is 1. The summed E-state index contributed by atoms with van der Waals surface area (Å²) >= 11 is 0. The lowest BCUT2D eigenvalue weighted by atomic mass is 10.2. The molecule has 2 rings (SSSR count). The van der Waals surface area contributed by atoms with Crippen LogP contribution in [-0.2, 0) is 0 Å². The number of anilines is 1. The van der Waals surface area contributed by atoms with Gasteiger partial charge in [0.05, 0.1) is 12.8 Å². The maximum Gasteiger partial charge on any atom is 0.354 e. The number of ether oxygens (including phenoxy) is 1. The Kier molecular flexibility index (Phi) is 4.13. The Labute approximate surface area is 119 Å². The minimum atomic E-state index is -1.25. The predicted molar refractivity (Wildman–Crippen MR) is 72.1 cm³/mol. The van der Waals surface area contributed by atoms with Gasteiger partial charge in [0.2, 0.25) is 0 Å². The fourth-order valence-corrected chi connectivity index (χ4v) is 1.61. The lowest BCUT2D eigenvalue weighted by molar-refractivity contribution is 0.0690. The van der Waals surface area contributed by atoms with Crippen LogP contribution in [0.25, 0.3) is 0 Å². The van der Waals surface area contributed by atoms with Crippen molar-refractivity contribution < 1.29 is 23.8 Å². The number of nitrogens with zero attached hydrogens (tertiary/aromatic N) is 1. The molecule has 0 aliphatic carbocycles. The Balaban J connectivity index is 2.25. The Bertz CT molecular complexity index is 703. The van der Waals surface area contributed by atoms with Crippen LogP contribution in [-0.4, -0.2) is 29.1 Å². The number of benzene rings is 1. The summed E-state index contributed by atoms with van der Waals surface area (Å²) in [4.78, 5) is 26.4. The molecule has 0 aliphatic heterocycles. The van der Waals surface area contributed by atoms with Gasteiger partial charge in [-0.3, -0.25) is 4.79 Å². The number of nitrogens with one attached hydrogen (secondary N) is 1. The highest BCUT2D eigenvalue weighted by Gasteiger charge is 2.13. The average molecular weight is 290 g/mol. The maximum atomic E-state index is 13.6. The molecule has 0 radical (unpaired) electrons. The van der Waals surface area contributed by atoms with Gasteiger partial charge in [0, 0.05) is 17.8 Å². The molecule has 0 aliphatic rings. The molecular weight excluding hydrogens is 279 g/mol. The van der Waals surface area contributed by atoms with Gasteiger partial charge in [-0.25, -0.2) is 14.2 Å². The molecule has 0 bridgehead atoms. The molecule has 21 heavy (non-hydrogen) atoms. The van der Waals surface area contributed by atoms with Gasteiger partial charge in [-0.2, -0.15) is 0 Å². The van der Waals surface area contributed by atoms with Crippen molar-refractivity contribution in [3.8, 4) is 5.75 Å². The summed E-state index contributed by atoms with van der Waals surface area (Å²) in [6.45, 7) is 0. The van der Waals surface area contributed by atoms with E-state index in [0.717, 1.165) is 12.1 Å². The highest BCUT2D eigenvalue weighted by Crippen LogP contribution is 2.21. The number of hydrogen-bond acceptors (Lipinski definition) is 4. The number of carbonyl (C=O) groups excluding carboxylic acids is 1. The topological polar surface area (TPSA) is 88.5 Å². The van der Waals surface area contributed by atoms with E-state index in [-0.39, 0.29) is 16.9 Å². The molecule has 6 nitrogen and oxygen atoms in total. The maximum absolute atomic E-state index is 13.6. The first-order chi connectivity index (χ1) is 10.0. The Morgan fingerprint density at radius 3 is 2.71 bits per heavy atom. The van der Waals surface area contributed by atoms with Crippen molar-refractivity contribution in [1.82, 2.24) is 4.98 Å². The van der Waals surface area contributed by atoms with Gasteiger partial charge in [-0.05, 0) is 24.3 Å². The highest BCUT2D eigenvalue weighted by molar-refractivity contribution is 6.05. The van der Waals surface area contributed by atoms with Gasteiger partial charge >= 0.3 is 5.97 Å². The van der Waals surface area contributed by atoms with Crippen LogP contribution in [0, 0.1) is 5.82 Å². The van der Waals surface area contributed by atoms with Crippen LogP contribution >= 0.6 is 0 Å². The zero-order valence-corrected chi connectivity index (χ0v) is 11.0. The fraction of sp³-hybridized carbons (Fsp3) is 0.0714. The number of amides is 1. The molecule has 1 heterocycles. The second kappa shape index (κ2) is 6.00. The van der Waals surface area contributed by atoms with E-state index in [1.807, 2.05) is 0 Å². The van der Waals surface area contributed by atoms with Crippen molar-refractivity contribution in [2.24, 2.45) is 0 Å². The summed E-state index contributed by atoms with van der Waals surface area (Å²) in [7, 11) is 1.42. The standard InChI is InChI=1S/C14H11FN2O4/c1-21-9-2-3-10(15)11(7-9)17-13(18)8-4-5-16-12(6-8)14(19)20/h2-7H,1H3,(H,17,18)(H,19,20). The monoisotopic (exact) mass is 290 g/mol. The van der Waals surface area contributed by atoms with Crippen molar-refractivity contribution in [2.45, 2.75) is 0 Å². The van der Waals surface area contributed by atoms with Crippen LogP contribution in [0.2, 0.25) is 0 Å². The summed E-state index contributed by atoms with van der Waals surface area (Å²) in [6, 6.07) is 6.34. The van der Waals surface area contributed by atoms with E-state index in [9.17, 15) is 14.0 Å². The number of carboxylic acids is 1. The van der Waals surface area contributed by atoms with E-state index >= 15 is 0 Å². The van der Waals surface area contributed by atoms with Gasteiger partial charge in [-0.15, -0.1) is 0 Å². The molecule has 7 heteroatoms. The number of methoxy groups -OCH3 is 1. The average Bonchev–Trinajstić information content (AvgIpc) is 2.49. The molecule has 1 amide bonds. The number of hydrogen-bond donors (Lipinski definition) is 2. The third-order valence-electron chi connectivity index (χ3n) is 2.66. The van der Waals surface area contributed by atoms with E-state index in [1.54, 1.807) is 0 Å². The molecule has 0 atom stereocenters. The van der Waals surface area contributed by atoms with Crippen molar-refractivity contribution in [1.29, 1.82) is 0 Å². The van der Waals surface area contributed by atoms with E-state index in [4.69, 9.17) is 9.84 Å². The van der Waals surface area contributed by atoms with Gasteiger partial charge in [0.15, 0.2) is 0 Å². The minimum absolute atomic E-state index is 0.0598. The first-order valence-electron chi connectivity index (χ1n) is 5.85. The number of carboxylic acid groups (broad SMARTS) is 1. The van der Waals surface area contributed by atoms with Crippen LogP contribution in [0.15, 0.2) is 36.5 Å². The summed E-state index contributed by atoms with van der Waals surface area (Å²) in [5.41, 5.74) is -0.272. The summed E-state index contributed by atoms with van der Waals surface area (Å²) in [5, 5.41) is 11.2. The molecule has 0 spiro atoms. The molecular formula is C14H11FN2O4. The number of rotatable bonds is 4. The SMILES string of the molecule is COc1ccc(F)c(NC(=O)c2ccnc(C(=O)O)c2)c1. The van der Waals surface area contributed by atoms with Crippen molar-refractivity contribution in [3.05, 3.63) is 53.6 Å². The molecule has 0 fully saturated rings. The second-order valence-corrected chi connectivity index (χ2v) is 4.03. The summed E-state index contributed by atoms with van der Waals surface area (Å²) in [6.07, 6.45) is 1.19. The van der Waals surface area contributed by atoms with Gasteiger partial charge in [0.25, 0.3) is 5.91 Å². The van der Waals surface area contributed by atoms with Gasteiger partial charge in [0.1, 0.15) is 17.3 Å².